The number of nitrogens with one attached hydrogen (secondary N) is 2. The maximum atomic E-state index is 16.1. The molecule has 0 bridgehead atoms. The minimum absolute atomic E-state index is 0.0947. The van der Waals surface area contributed by atoms with Crippen LogP contribution in [0.3, 0.4) is 0 Å². The summed E-state index contributed by atoms with van der Waals surface area (Å²) in [6.07, 6.45) is -0.323. The molecule has 3 heterocycles. The number of likely N-dealkylation sites (tertiary alicyclic amines) is 1. The van der Waals surface area contributed by atoms with E-state index in [1.54, 1.807) is 24.1 Å². The van der Waals surface area contributed by atoms with E-state index in [0.29, 0.717) is 46.4 Å². The second-order valence-electron chi connectivity index (χ2n) is 11.6. The van der Waals surface area contributed by atoms with Crippen LogP contribution in [0.4, 0.5) is 19.3 Å². The number of hydrogen-bond donors (Lipinski definition) is 2. The van der Waals surface area contributed by atoms with Crippen molar-refractivity contribution in [3.8, 4) is 16.9 Å². The van der Waals surface area contributed by atoms with E-state index in [-0.39, 0.29) is 42.8 Å². The number of amides is 4. The van der Waals surface area contributed by atoms with Gasteiger partial charge in [-0.05, 0) is 56.0 Å². The number of halogens is 3. The first-order valence-electron chi connectivity index (χ1n) is 15.1. The highest BCUT2D eigenvalue weighted by atomic mass is 35.5. The molecular weight excluding hydrogens is 638 g/mol. The Morgan fingerprint density at radius 1 is 1.11 bits per heavy atom. The van der Waals surface area contributed by atoms with Crippen molar-refractivity contribution in [1.29, 1.82) is 0 Å². The van der Waals surface area contributed by atoms with Crippen LogP contribution < -0.4 is 26.6 Å². The van der Waals surface area contributed by atoms with Crippen molar-refractivity contribution in [1.82, 2.24) is 24.3 Å². The molecule has 1 fully saturated rings. The number of benzene rings is 2. The van der Waals surface area contributed by atoms with E-state index in [0.717, 1.165) is 17.8 Å². The van der Waals surface area contributed by atoms with Gasteiger partial charge in [-0.1, -0.05) is 23.7 Å². The Kier molecular flexibility index (Phi) is 9.99. The number of fused-ring (bicyclic) bond motifs is 1. The number of alkyl halides is 1. The van der Waals surface area contributed by atoms with Crippen LogP contribution in [0.2, 0.25) is 5.02 Å². The van der Waals surface area contributed by atoms with Gasteiger partial charge in [-0.25, -0.2) is 18.4 Å². The Bertz CT molecular complexity index is 1820. The molecule has 0 saturated carbocycles. The fourth-order valence-electron chi connectivity index (χ4n) is 5.99. The Balaban J connectivity index is 1.37. The molecule has 0 aliphatic carbocycles. The normalized spacial score (nSPS) is 16.5. The average Bonchev–Trinajstić information content (AvgIpc) is 3.22. The zero-order valence-electron chi connectivity index (χ0n) is 26.1. The van der Waals surface area contributed by atoms with Crippen LogP contribution >= 0.6 is 11.6 Å². The first-order valence-corrected chi connectivity index (χ1v) is 15.5. The van der Waals surface area contributed by atoms with E-state index in [1.165, 1.54) is 30.9 Å². The number of carbonyl (C=O) groups is 3. The third-order valence-corrected chi connectivity index (χ3v) is 8.96. The summed E-state index contributed by atoms with van der Waals surface area (Å²) in [5, 5.41) is 5.02. The van der Waals surface area contributed by atoms with Crippen molar-refractivity contribution in [2.45, 2.75) is 51.5 Å². The molecule has 12 nitrogen and oxygen atoms in total. The third kappa shape index (κ3) is 6.87. The van der Waals surface area contributed by atoms with Crippen molar-refractivity contribution in [3.63, 3.8) is 0 Å². The molecule has 0 spiro atoms. The van der Waals surface area contributed by atoms with E-state index < -0.39 is 46.2 Å². The highest BCUT2D eigenvalue weighted by Gasteiger charge is 2.35. The number of urea groups is 1. The largest absolute Gasteiger partial charge is 0.497 e. The molecule has 2 aromatic carbocycles. The molecule has 47 heavy (non-hydrogen) atoms. The zero-order valence-corrected chi connectivity index (χ0v) is 26.9. The molecule has 0 radical (unpaired) electrons. The minimum Gasteiger partial charge on any atom is -0.497 e. The summed E-state index contributed by atoms with van der Waals surface area (Å²) in [6.45, 7) is 3.25. The van der Waals surface area contributed by atoms with E-state index >= 15 is 4.39 Å². The van der Waals surface area contributed by atoms with Crippen molar-refractivity contribution >= 4 is 35.1 Å². The predicted octanol–water partition coefficient (Wildman–Crippen LogP) is 3.72. The molecule has 1 saturated heterocycles. The van der Waals surface area contributed by atoms with Crippen LogP contribution in [0.5, 0.6) is 5.75 Å². The molecule has 5 rings (SSSR count). The van der Waals surface area contributed by atoms with Gasteiger partial charge in [0.2, 0.25) is 5.91 Å². The van der Waals surface area contributed by atoms with Gasteiger partial charge < -0.3 is 25.2 Å². The van der Waals surface area contributed by atoms with Crippen LogP contribution in [-0.4, -0.2) is 76.1 Å². The summed E-state index contributed by atoms with van der Waals surface area (Å²) in [7, 11) is 1.57. The van der Waals surface area contributed by atoms with E-state index in [2.05, 4.69) is 10.6 Å². The highest BCUT2D eigenvalue weighted by molar-refractivity contribution is 6.33. The van der Waals surface area contributed by atoms with Crippen LogP contribution in [0.25, 0.3) is 11.1 Å². The predicted molar refractivity (Wildman–Crippen MR) is 171 cm³/mol. The third-order valence-electron chi connectivity index (χ3n) is 8.58. The Morgan fingerprint density at radius 3 is 2.51 bits per heavy atom. The molecule has 2 N–H and O–H groups in total. The van der Waals surface area contributed by atoms with Gasteiger partial charge in [0.25, 0.3) is 17.8 Å². The summed E-state index contributed by atoms with van der Waals surface area (Å²) in [4.78, 5) is 68.1. The lowest BCUT2D eigenvalue weighted by atomic mass is 10.0. The minimum atomic E-state index is -2.53. The monoisotopic (exact) mass is 672 g/mol. The maximum Gasteiger partial charge on any atom is 0.334 e. The summed E-state index contributed by atoms with van der Waals surface area (Å²) >= 11 is 6.15. The van der Waals surface area contributed by atoms with Crippen LogP contribution in [0, 0.1) is 5.82 Å². The van der Waals surface area contributed by atoms with Gasteiger partial charge >= 0.3 is 11.7 Å². The topological polar surface area (TPSA) is 135 Å². The number of rotatable bonds is 8. The van der Waals surface area contributed by atoms with Crippen LogP contribution in [-0.2, 0) is 16.0 Å². The van der Waals surface area contributed by atoms with Gasteiger partial charge in [-0.2, -0.15) is 0 Å². The van der Waals surface area contributed by atoms with E-state index in [9.17, 15) is 28.4 Å². The second kappa shape index (κ2) is 14.0. The van der Waals surface area contributed by atoms with Crippen LogP contribution in [0.15, 0.2) is 52.2 Å². The number of aromatic nitrogens is 2. The van der Waals surface area contributed by atoms with Gasteiger partial charge in [0.15, 0.2) is 0 Å². The first kappa shape index (κ1) is 33.6. The molecule has 2 unspecified atom stereocenters. The van der Waals surface area contributed by atoms with E-state index in [1.807, 2.05) is 6.07 Å². The fraction of sp³-hybridized carbons (Fsp3) is 0.406. The van der Waals surface area contributed by atoms with Crippen molar-refractivity contribution in [3.05, 3.63) is 79.8 Å². The first-order chi connectivity index (χ1) is 22.4. The molecule has 1 aromatic heterocycles. The maximum absolute atomic E-state index is 16.1. The Hall–Kier alpha value is -4.72. The highest BCUT2D eigenvalue weighted by Crippen LogP contribution is 2.30. The Labute approximate surface area is 273 Å². The van der Waals surface area contributed by atoms with Crippen molar-refractivity contribution in [2.24, 2.45) is 0 Å². The Morgan fingerprint density at radius 2 is 1.83 bits per heavy atom. The summed E-state index contributed by atoms with van der Waals surface area (Å²) < 4.78 is 37.0. The number of methoxy groups -OCH3 is 1. The van der Waals surface area contributed by atoms with Crippen molar-refractivity contribution in [2.75, 3.05) is 38.6 Å². The van der Waals surface area contributed by atoms with E-state index in [4.69, 9.17) is 16.3 Å². The summed E-state index contributed by atoms with van der Waals surface area (Å²) in [5.74, 6) is -1.58. The quantitative estimate of drug-likeness (QED) is 0.375. The van der Waals surface area contributed by atoms with Gasteiger partial charge in [0.1, 0.15) is 11.6 Å². The molecule has 2 aliphatic heterocycles. The van der Waals surface area contributed by atoms with Crippen molar-refractivity contribution < 1.29 is 27.9 Å². The molecule has 2 atom stereocenters. The second-order valence-corrected chi connectivity index (χ2v) is 12.0. The fourth-order valence-corrected chi connectivity index (χ4v) is 6.22. The van der Waals surface area contributed by atoms with Gasteiger partial charge in [-0.3, -0.25) is 23.5 Å². The summed E-state index contributed by atoms with van der Waals surface area (Å²) in [6, 6.07) is 7.72. The lowest BCUT2D eigenvalue weighted by Gasteiger charge is -2.38. The molecule has 3 aromatic rings. The number of piperidine rings is 1. The van der Waals surface area contributed by atoms with Gasteiger partial charge in [-0.15, -0.1) is 0 Å². The van der Waals surface area contributed by atoms with Crippen LogP contribution in [0.1, 0.15) is 44.6 Å². The molecular formula is C32H35ClF2N6O6. The number of anilines is 1. The lowest BCUT2D eigenvalue weighted by molar-refractivity contribution is -0.141. The number of carbonyl (C=O) groups excluding carboxylic acids is 3. The average molecular weight is 673 g/mol. The molecule has 2 aliphatic rings. The lowest BCUT2D eigenvalue weighted by Crippen LogP contribution is -2.52. The number of ether oxygens (including phenoxy) is 1. The molecule has 15 heteroatoms. The molecule has 250 valence electrons. The smallest absolute Gasteiger partial charge is 0.334 e. The number of hydrogen-bond acceptors (Lipinski definition) is 6. The summed E-state index contributed by atoms with van der Waals surface area (Å²) in [5.41, 5.74) is -0.787. The van der Waals surface area contributed by atoms with Gasteiger partial charge in [0, 0.05) is 56.6 Å². The zero-order chi connectivity index (χ0) is 34.0. The molecule has 4 amide bonds. The SMILES string of the molecule is COc1ccc2c(c1)CCN(C1CCN(C(=O)C(F)n3cc(-c4cccc(F)c4Cl)c(=O)n(C(C)CNC(C)=O)c3=O)CC1)C(=O)N2. The van der Waals surface area contributed by atoms with Gasteiger partial charge in [0.05, 0.1) is 23.7 Å². The number of nitrogens with zero attached hydrogens (tertiary/aromatic N) is 4. The standard InChI is InChI=1S/C32H35ClF2N6O6/c1-18(16-36-19(2)42)41-29(43)24(23-5-4-6-25(34)27(23)33)17-40(32(41)46)28(35)30(44)38-12-10-21(11-13-38)39-14-9-20-15-22(47-3)7-8-26(20)37-31(39)45/h4-8,15,17-18,21,28H,9-14,16H2,1-3H3,(H,36,42)(H,37,45).